The van der Waals surface area contributed by atoms with Crippen LogP contribution in [0.15, 0.2) is 53.1 Å². The van der Waals surface area contributed by atoms with Gasteiger partial charge in [-0.25, -0.2) is 8.42 Å². The van der Waals surface area contributed by atoms with Crippen molar-refractivity contribution in [2.45, 2.75) is 11.9 Å². The summed E-state index contributed by atoms with van der Waals surface area (Å²) in [6, 6.07) is 11.6. The summed E-state index contributed by atoms with van der Waals surface area (Å²) in [5.41, 5.74) is 0.792. The van der Waals surface area contributed by atoms with Gasteiger partial charge in [-0.15, -0.1) is 0 Å². The van der Waals surface area contributed by atoms with Crippen molar-refractivity contribution in [2.75, 3.05) is 12.9 Å². The molecule has 0 aliphatic heterocycles. The Labute approximate surface area is 169 Å². The van der Waals surface area contributed by atoms with Crippen molar-refractivity contribution in [2.24, 2.45) is 0 Å². The van der Waals surface area contributed by atoms with Crippen LogP contribution >= 0.6 is 0 Å². The van der Waals surface area contributed by atoms with Crippen LogP contribution in [0, 0.1) is 0 Å². The number of benzene rings is 2. The fourth-order valence-corrected chi connectivity index (χ4v) is 3.94. The van der Waals surface area contributed by atoms with E-state index >= 15 is 0 Å². The number of ketones is 1. The summed E-state index contributed by atoms with van der Waals surface area (Å²) in [7, 11) is -2.24. The Morgan fingerprint density at radius 2 is 1.70 bits per heavy atom. The number of rotatable bonds is 7. The first-order valence-electron chi connectivity index (χ1n) is 8.45. The Morgan fingerprint density at radius 3 is 2.23 bits per heavy atom. The van der Waals surface area contributed by atoms with E-state index in [1.54, 1.807) is 24.3 Å². The summed E-state index contributed by atoms with van der Waals surface area (Å²) in [5, 5.41) is 3.25. The van der Waals surface area contributed by atoms with E-state index in [4.69, 9.17) is 4.74 Å². The molecule has 0 saturated heterocycles. The molecule has 0 unspecified atom stereocenters. The first kappa shape index (κ1) is 21.5. The normalized spacial score (nSPS) is 12.0. The van der Waals surface area contributed by atoms with Crippen LogP contribution in [-0.2, 0) is 21.8 Å². The predicted octanol–water partition coefficient (Wildman–Crippen LogP) is 3.56. The lowest BCUT2D eigenvalue weighted by molar-refractivity contribution is -0.159. The van der Waals surface area contributed by atoms with Crippen molar-refractivity contribution in [3.63, 3.8) is 0 Å². The van der Waals surface area contributed by atoms with E-state index in [0.717, 1.165) is 0 Å². The molecule has 158 valence electrons. The van der Waals surface area contributed by atoms with E-state index in [1.165, 1.54) is 31.4 Å². The number of ether oxygens (including phenoxy) is 1. The van der Waals surface area contributed by atoms with Crippen LogP contribution in [0.1, 0.15) is 21.8 Å². The van der Waals surface area contributed by atoms with Crippen LogP contribution in [0.4, 0.5) is 13.2 Å². The molecule has 1 aromatic heterocycles. The molecule has 30 heavy (non-hydrogen) atoms. The van der Waals surface area contributed by atoms with Crippen molar-refractivity contribution in [3.8, 4) is 17.1 Å². The minimum atomic E-state index is -4.76. The fourth-order valence-electron chi connectivity index (χ4n) is 2.57. The monoisotopic (exact) mass is 440 g/mol. The van der Waals surface area contributed by atoms with Crippen LogP contribution in [0.25, 0.3) is 11.4 Å². The average molecular weight is 440 g/mol. The van der Waals surface area contributed by atoms with Gasteiger partial charge in [-0.3, -0.25) is 4.79 Å². The SMILES string of the molecule is COc1ccc(CS(=O)(=O)CC(=O)c2ccc(-c3noc(C(F)(F)F)n3)cc2)cc1. The molecule has 0 saturated carbocycles. The Morgan fingerprint density at radius 1 is 1.07 bits per heavy atom. The lowest BCUT2D eigenvalue weighted by Gasteiger charge is -2.06. The molecular weight excluding hydrogens is 425 g/mol. The highest BCUT2D eigenvalue weighted by Gasteiger charge is 2.38. The van der Waals surface area contributed by atoms with Gasteiger partial charge in [0.25, 0.3) is 0 Å². The second-order valence-electron chi connectivity index (χ2n) is 6.30. The van der Waals surface area contributed by atoms with Crippen LogP contribution in [-0.4, -0.2) is 37.2 Å². The minimum absolute atomic E-state index is 0.0941. The molecule has 11 heteroatoms. The second kappa shape index (κ2) is 8.27. The summed E-state index contributed by atoms with van der Waals surface area (Å²) < 4.78 is 71.4. The molecule has 0 spiro atoms. The van der Waals surface area contributed by atoms with Crippen LogP contribution in [0.5, 0.6) is 5.75 Å². The third kappa shape index (κ3) is 5.23. The Balaban J connectivity index is 1.68. The summed E-state index contributed by atoms with van der Waals surface area (Å²) in [5.74, 6) is -2.87. The van der Waals surface area contributed by atoms with Gasteiger partial charge in [0.1, 0.15) is 11.5 Å². The molecule has 0 atom stereocenters. The number of Topliss-reactive ketones (excluding diaryl/α,β-unsaturated/α-hetero) is 1. The van der Waals surface area contributed by atoms with Gasteiger partial charge >= 0.3 is 12.1 Å². The highest BCUT2D eigenvalue weighted by atomic mass is 32.2. The lowest BCUT2D eigenvalue weighted by Crippen LogP contribution is -2.18. The van der Waals surface area contributed by atoms with Crippen molar-refractivity contribution in [3.05, 3.63) is 65.5 Å². The van der Waals surface area contributed by atoms with Gasteiger partial charge in [0.05, 0.1) is 12.9 Å². The maximum Gasteiger partial charge on any atom is 0.471 e. The van der Waals surface area contributed by atoms with Crippen LogP contribution < -0.4 is 4.74 Å². The zero-order valence-corrected chi connectivity index (χ0v) is 16.3. The molecule has 0 bridgehead atoms. The minimum Gasteiger partial charge on any atom is -0.497 e. The highest BCUT2D eigenvalue weighted by Crippen LogP contribution is 2.29. The maximum absolute atomic E-state index is 12.5. The molecule has 0 fully saturated rings. The van der Waals surface area contributed by atoms with E-state index in [2.05, 4.69) is 14.7 Å². The standard InChI is InChI=1S/C19H15F3N2O5S/c1-28-15-8-2-12(3-9-15)10-30(26,27)11-16(25)13-4-6-14(7-5-13)17-23-18(29-24-17)19(20,21)22/h2-9H,10-11H2,1H3. The summed E-state index contributed by atoms with van der Waals surface area (Å²) in [6.45, 7) is 0. The van der Waals surface area contributed by atoms with E-state index < -0.39 is 33.4 Å². The number of alkyl halides is 3. The summed E-state index contributed by atoms with van der Waals surface area (Å²) >= 11 is 0. The van der Waals surface area contributed by atoms with Gasteiger partial charge in [0.15, 0.2) is 15.6 Å². The van der Waals surface area contributed by atoms with Crippen molar-refractivity contribution >= 4 is 15.6 Å². The molecule has 0 radical (unpaired) electrons. The van der Waals surface area contributed by atoms with Gasteiger partial charge in [0.2, 0.25) is 5.82 Å². The number of halogens is 3. The number of hydrogen-bond acceptors (Lipinski definition) is 7. The molecule has 0 amide bonds. The zero-order chi connectivity index (χ0) is 21.9. The van der Waals surface area contributed by atoms with E-state index in [1.807, 2.05) is 0 Å². The first-order valence-corrected chi connectivity index (χ1v) is 10.3. The number of carbonyl (C=O) groups excluding carboxylic acids is 1. The number of carbonyl (C=O) groups is 1. The first-order chi connectivity index (χ1) is 14.1. The van der Waals surface area contributed by atoms with Gasteiger partial charge in [-0.1, -0.05) is 41.6 Å². The van der Waals surface area contributed by atoms with Gasteiger partial charge in [-0.05, 0) is 17.7 Å². The van der Waals surface area contributed by atoms with Gasteiger partial charge < -0.3 is 9.26 Å². The summed E-state index contributed by atoms with van der Waals surface area (Å²) in [4.78, 5) is 15.6. The van der Waals surface area contributed by atoms with Crippen molar-refractivity contribution < 1.29 is 35.6 Å². The third-order valence-electron chi connectivity index (χ3n) is 4.03. The molecule has 2 aromatic carbocycles. The maximum atomic E-state index is 12.5. The molecular formula is C19H15F3N2O5S. The predicted molar refractivity (Wildman–Crippen MR) is 99.6 cm³/mol. The Kier molecular flexibility index (Phi) is 5.92. The number of aromatic nitrogens is 2. The van der Waals surface area contributed by atoms with Crippen molar-refractivity contribution in [1.82, 2.24) is 10.1 Å². The molecule has 0 aliphatic rings. The number of methoxy groups -OCH3 is 1. The van der Waals surface area contributed by atoms with E-state index in [9.17, 15) is 26.4 Å². The molecule has 7 nitrogen and oxygen atoms in total. The Bertz CT molecular complexity index is 1140. The number of hydrogen-bond donors (Lipinski definition) is 0. The summed E-state index contributed by atoms with van der Waals surface area (Å²) in [6.07, 6.45) is -4.76. The molecule has 0 aliphatic carbocycles. The third-order valence-corrected chi connectivity index (χ3v) is 5.51. The highest BCUT2D eigenvalue weighted by molar-refractivity contribution is 7.91. The molecule has 3 aromatic rings. The van der Waals surface area contributed by atoms with Gasteiger partial charge in [-0.2, -0.15) is 18.2 Å². The zero-order valence-electron chi connectivity index (χ0n) is 15.5. The number of sulfone groups is 1. The van der Waals surface area contributed by atoms with Crippen LogP contribution in [0.3, 0.4) is 0 Å². The fraction of sp³-hybridized carbons (Fsp3) is 0.211. The van der Waals surface area contributed by atoms with E-state index in [0.29, 0.717) is 11.3 Å². The smallest absolute Gasteiger partial charge is 0.471 e. The topological polar surface area (TPSA) is 99.4 Å². The molecule has 1 heterocycles. The number of nitrogens with zero attached hydrogens (tertiary/aromatic N) is 2. The van der Waals surface area contributed by atoms with E-state index in [-0.39, 0.29) is 22.7 Å². The average Bonchev–Trinajstić information content (AvgIpc) is 3.19. The molecule has 3 rings (SSSR count). The Hall–Kier alpha value is -3.21. The molecule has 0 N–H and O–H groups in total. The van der Waals surface area contributed by atoms with Crippen LogP contribution in [0.2, 0.25) is 0 Å². The lowest BCUT2D eigenvalue weighted by atomic mass is 10.1. The largest absolute Gasteiger partial charge is 0.497 e. The van der Waals surface area contributed by atoms with Gasteiger partial charge in [0, 0.05) is 11.1 Å². The van der Waals surface area contributed by atoms with Crippen molar-refractivity contribution in [1.29, 1.82) is 0 Å². The quantitative estimate of drug-likeness (QED) is 0.518. The second-order valence-corrected chi connectivity index (χ2v) is 8.37.